The molecular weight excluding hydrogens is 264 g/mol. The molecule has 0 saturated carbocycles. The SMILES string of the molecule is CC(=O)NCC([C]=S)NC(=O)OCc1ccccc1. The van der Waals surface area contributed by atoms with Crippen LogP contribution in [-0.2, 0) is 16.1 Å². The third kappa shape index (κ3) is 6.52. The lowest BCUT2D eigenvalue weighted by molar-refractivity contribution is -0.118. The number of amides is 2. The van der Waals surface area contributed by atoms with Crippen molar-refractivity contribution in [3.63, 3.8) is 0 Å². The van der Waals surface area contributed by atoms with E-state index >= 15 is 0 Å². The molecule has 0 spiro atoms. The van der Waals surface area contributed by atoms with E-state index in [-0.39, 0.29) is 19.1 Å². The fourth-order valence-electron chi connectivity index (χ4n) is 1.27. The Morgan fingerprint density at radius 2 is 2.05 bits per heavy atom. The number of carbonyl (C=O) groups is 2. The molecule has 6 heteroatoms. The van der Waals surface area contributed by atoms with E-state index in [4.69, 9.17) is 4.74 Å². The number of hydrogen-bond acceptors (Lipinski definition) is 4. The summed E-state index contributed by atoms with van der Waals surface area (Å²) in [5.41, 5.74) is 0.891. The van der Waals surface area contributed by atoms with Crippen molar-refractivity contribution in [2.75, 3.05) is 6.54 Å². The van der Waals surface area contributed by atoms with E-state index in [2.05, 4.69) is 28.2 Å². The molecule has 0 fully saturated rings. The van der Waals surface area contributed by atoms with E-state index in [1.54, 1.807) is 0 Å². The Morgan fingerprint density at radius 1 is 1.37 bits per heavy atom. The van der Waals surface area contributed by atoms with Gasteiger partial charge in [-0.15, -0.1) is 0 Å². The van der Waals surface area contributed by atoms with Gasteiger partial charge in [0.05, 0.1) is 11.4 Å². The number of ether oxygens (including phenoxy) is 1. The molecule has 1 radical (unpaired) electrons. The van der Waals surface area contributed by atoms with Crippen LogP contribution in [0.1, 0.15) is 12.5 Å². The molecule has 1 aromatic rings. The van der Waals surface area contributed by atoms with Crippen molar-refractivity contribution in [2.24, 2.45) is 0 Å². The minimum Gasteiger partial charge on any atom is -0.445 e. The molecular formula is C13H15N2O3S. The number of benzene rings is 1. The Bertz CT molecular complexity index is 437. The minimum atomic E-state index is -0.600. The molecule has 101 valence electrons. The third-order valence-electron chi connectivity index (χ3n) is 2.20. The van der Waals surface area contributed by atoms with Gasteiger partial charge in [-0.3, -0.25) is 4.79 Å². The molecule has 1 unspecified atom stereocenters. The second kappa shape index (κ2) is 8.20. The van der Waals surface area contributed by atoms with E-state index in [9.17, 15) is 9.59 Å². The quantitative estimate of drug-likeness (QED) is 0.770. The van der Waals surface area contributed by atoms with Crippen molar-refractivity contribution < 1.29 is 14.3 Å². The standard InChI is InChI=1S/C13H15N2O3S/c1-10(16)14-7-12(9-19)15-13(17)18-8-11-5-3-2-4-6-11/h2-6,12H,7-8H2,1H3,(H,14,16)(H,15,17). The fourth-order valence-corrected chi connectivity index (χ4v) is 1.42. The van der Waals surface area contributed by atoms with Crippen LogP contribution in [-0.4, -0.2) is 30.0 Å². The van der Waals surface area contributed by atoms with Crippen LogP contribution in [0.2, 0.25) is 0 Å². The molecule has 0 aliphatic carbocycles. The van der Waals surface area contributed by atoms with Gasteiger partial charge in [0.25, 0.3) is 0 Å². The maximum atomic E-state index is 11.5. The van der Waals surface area contributed by atoms with Gasteiger partial charge in [-0.25, -0.2) is 4.79 Å². The highest BCUT2D eigenvalue weighted by Gasteiger charge is 2.11. The Kier molecular flexibility index (Phi) is 6.52. The van der Waals surface area contributed by atoms with Crippen LogP contribution in [0.15, 0.2) is 30.3 Å². The van der Waals surface area contributed by atoms with Crippen LogP contribution in [0.25, 0.3) is 0 Å². The Balaban J connectivity index is 2.32. The minimum absolute atomic E-state index is 0.178. The number of alkyl carbamates (subject to hydrolysis) is 1. The zero-order valence-corrected chi connectivity index (χ0v) is 11.3. The molecule has 0 heterocycles. The van der Waals surface area contributed by atoms with Gasteiger partial charge >= 0.3 is 6.09 Å². The first kappa shape index (κ1) is 15.1. The Hall–Kier alpha value is -1.95. The molecule has 0 aliphatic rings. The zero-order chi connectivity index (χ0) is 14.1. The van der Waals surface area contributed by atoms with Crippen molar-refractivity contribution in [1.82, 2.24) is 10.6 Å². The van der Waals surface area contributed by atoms with Crippen LogP contribution in [0.4, 0.5) is 4.79 Å². The van der Waals surface area contributed by atoms with Crippen molar-refractivity contribution in [2.45, 2.75) is 19.6 Å². The molecule has 0 saturated heterocycles. The number of carbonyl (C=O) groups excluding carboxylic acids is 2. The molecule has 0 aromatic heterocycles. The zero-order valence-electron chi connectivity index (χ0n) is 10.5. The van der Waals surface area contributed by atoms with Crippen molar-refractivity contribution in [3.05, 3.63) is 35.9 Å². The maximum Gasteiger partial charge on any atom is 0.408 e. The summed E-state index contributed by atoms with van der Waals surface area (Å²) in [7, 11) is 0. The van der Waals surface area contributed by atoms with E-state index in [0.29, 0.717) is 0 Å². The summed E-state index contributed by atoms with van der Waals surface area (Å²) in [6.45, 7) is 1.75. The normalized spacial score (nSPS) is 11.2. The topological polar surface area (TPSA) is 67.4 Å². The first-order valence-corrected chi connectivity index (χ1v) is 6.12. The highest BCUT2D eigenvalue weighted by Crippen LogP contribution is 2.00. The Morgan fingerprint density at radius 3 is 2.63 bits per heavy atom. The average Bonchev–Trinajstić information content (AvgIpc) is 2.42. The summed E-state index contributed by atoms with van der Waals surface area (Å²) in [5.74, 6) is -0.199. The average molecular weight is 279 g/mol. The second-order valence-corrected chi connectivity index (χ2v) is 4.05. The number of thiocarbonyl (C=S) groups is 1. The monoisotopic (exact) mass is 279 g/mol. The van der Waals surface area contributed by atoms with Gasteiger partial charge in [0.2, 0.25) is 5.91 Å². The van der Waals surface area contributed by atoms with Crippen molar-refractivity contribution >= 4 is 29.6 Å². The van der Waals surface area contributed by atoms with Gasteiger partial charge < -0.3 is 15.4 Å². The molecule has 2 amide bonds. The van der Waals surface area contributed by atoms with Crippen LogP contribution < -0.4 is 10.6 Å². The van der Waals surface area contributed by atoms with E-state index in [1.807, 2.05) is 30.3 Å². The second-order valence-electron chi connectivity index (χ2n) is 3.81. The first-order chi connectivity index (χ1) is 9.11. The van der Waals surface area contributed by atoms with Crippen molar-refractivity contribution in [3.8, 4) is 0 Å². The van der Waals surface area contributed by atoms with Crippen LogP contribution in [0.3, 0.4) is 0 Å². The fraction of sp³-hybridized carbons (Fsp3) is 0.308. The summed E-state index contributed by atoms with van der Waals surface area (Å²) in [4.78, 5) is 22.2. The largest absolute Gasteiger partial charge is 0.445 e. The Labute approximate surface area is 117 Å². The molecule has 1 aromatic carbocycles. The number of rotatable bonds is 6. The predicted octanol–water partition coefficient (Wildman–Crippen LogP) is 1.29. The smallest absolute Gasteiger partial charge is 0.408 e. The lowest BCUT2D eigenvalue weighted by atomic mass is 10.2. The molecule has 0 bridgehead atoms. The van der Waals surface area contributed by atoms with Gasteiger partial charge in [0, 0.05) is 13.5 Å². The molecule has 0 aliphatic heterocycles. The van der Waals surface area contributed by atoms with Gasteiger partial charge in [-0.2, -0.15) is 0 Å². The third-order valence-corrected chi connectivity index (χ3v) is 2.49. The lowest BCUT2D eigenvalue weighted by Gasteiger charge is -2.13. The van der Waals surface area contributed by atoms with E-state index in [1.165, 1.54) is 6.92 Å². The van der Waals surface area contributed by atoms with Gasteiger partial charge in [-0.05, 0) is 5.56 Å². The summed E-state index contributed by atoms with van der Waals surface area (Å²) in [5, 5.41) is 7.48. The predicted molar refractivity (Wildman–Crippen MR) is 74.8 cm³/mol. The molecule has 5 nitrogen and oxygen atoms in total. The van der Waals surface area contributed by atoms with Gasteiger partial charge in [0.15, 0.2) is 0 Å². The van der Waals surface area contributed by atoms with Gasteiger partial charge in [0.1, 0.15) is 6.61 Å². The van der Waals surface area contributed by atoms with Crippen molar-refractivity contribution in [1.29, 1.82) is 0 Å². The molecule has 1 atom stereocenters. The van der Waals surface area contributed by atoms with E-state index < -0.39 is 12.1 Å². The van der Waals surface area contributed by atoms with Crippen LogP contribution in [0.5, 0.6) is 0 Å². The summed E-state index contributed by atoms with van der Waals surface area (Å²) < 4.78 is 5.02. The first-order valence-electron chi connectivity index (χ1n) is 5.71. The molecule has 2 N–H and O–H groups in total. The molecule has 19 heavy (non-hydrogen) atoms. The van der Waals surface area contributed by atoms with Crippen LogP contribution in [0, 0.1) is 0 Å². The number of nitrogens with one attached hydrogen (secondary N) is 2. The maximum absolute atomic E-state index is 11.5. The van der Waals surface area contributed by atoms with Crippen LogP contribution >= 0.6 is 12.2 Å². The summed E-state index contributed by atoms with van der Waals surface area (Å²) >= 11 is 4.65. The highest BCUT2D eigenvalue weighted by atomic mass is 32.1. The van der Waals surface area contributed by atoms with E-state index in [0.717, 1.165) is 5.56 Å². The molecule has 1 rings (SSSR count). The highest BCUT2D eigenvalue weighted by molar-refractivity contribution is 7.79. The summed E-state index contributed by atoms with van der Waals surface area (Å²) in [6, 6.07) is 8.76. The summed E-state index contributed by atoms with van der Waals surface area (Å²) in [6.07, 6.45) is -0.600. The number of hydrogen-bond donors (Lipinski definition) is 2. The van der Waals surface area contributed by atoms with Gasteiger partial charge in [-0.1, -0.05) is 42.5 Å². The lowest BCUT2D eigenvalue weighted by Crippen LogP contribution is -2.44.